The molecule has 0 unspecified atom stereocenters. The standard InChI is InChI=1S/C7H9NS.CH4O/c1-6-3-4-8-7(5-6)9-2;1-2/h3-5H,1-2H3;2H,1H3. The first-order valence-corrected chi connectivity index (χ1v) is 4.47. The molecule has 0 aliphatic carbocycles. The molecular weight excluding hydrogens is 158 g/mol. The molecule has 0 aliphatic heterocycles. The Hall–Kier alpha value is -0.540. The largest absolute Gasteiger partial charge is 0.400 e. The first-order chi connectivity index (χ1) is 5.33. The average Bonchev–Trinajstić information content (AvgIpc) is 2.08. The van der Waals surface area contributed by atoms with Gasteiger partial charge < -0.3 is 5.11 Å². The molecule has 1 aromatic heterocycles. The van der Waals surface area contributed by atoms with Gasteiger partial charge >= 0.3 is 0 Å². The van der Waals surface area contributed by atoms with Crippen LogP contribution in [0.25, 0.3) is 0 Å². The van der Waals surface area contributed by atoms with Crippen LogP contribution in [0.1, 0.15) is 5.56 Å². The highest BCUT2D eigenvalue weighted by Crippen LogP contribution is 2.10. The van der Waals surface area contributed by atoms with Crippen LogP contribution in [0.15, 0.2) is 23.4 Å². The summed E-state index contributed by atoms with van der Waals surface area (Å²) in [4.78, 5) is 4.12. The Morgan fingerprint density at radius 1 is 1.45 bits per heavy atom. The molecule has 0 saturated carbocycles. The van der Waals surface area contributed by atoms with E-state index in [-0.39, 0.29) is 0 Å². The van der Waals surface area contributed by atoms with Gasteiger partial charge in [-0.3, -0.25) is 0 Å². The van der Waals surface area contributed by atoms with Crippen molar-refractivity contribution in [3.8, 4) is 0 Å². The molecule has 0 radical (unpaired) electrons. The van der Waals surface area contributed by atoms with E-state index in [1.54, 1.807) is 11.8 Å². The summed E-state index contributed by atoms with van der Waals surface area (Å²) in [6.45, 7) is 2.07. The van der Waals surface area contributed by atoms with Crippen molar-refractivity contribution in [1.82, 2.24) is 4.98 Å². The van der Waals surface area contributed by atoms with Crippen LogP contribution in [-0.4, -0.2) is 23.5 Å². The molecule has 1 N–H and O–H groups in total. The van der Waals surface area contributed by atoms with Crippen LogP contribution < -0.4 is 0 Å². The molecule has 1 heterocycles. The molecule has 0 spiro atoms. The van der Waals surface area contributed by atoms with E-state index < -0.39 is 0 Å². The Labute approximate surface area is 71.7 Å². The first kappa shape index (κ1) is 10.5. The van der Waals surface area contributed by atoms with E-state index in [4.69, 9.17) is 5.11 Å². The van der Waals surface area contributed by atoms with E-state index in [2.05, 4.69) is 18.0 Å². The van der Waals surface area contributed by atoms with Gasteiger partial charge in [-0.15, -0.1) is 11.8 Å². The zero-order chi connectivity index (χ0) is 8.69. The highest BCUT2D eigenvalue weighted by molar-refractivity contribution is 7.98. The second-order valence-corrected chi connectivity index (χ2v) is 2.70. The normalized spacial score (nSPS) is 8.36. The smallest absolute Gasteiger partial charge is 0.0959 e. The van der Waals surface area contributed by atoms with Gasteiger partial charge in [0.15, 0.2) is 0 Å². The third-order valence-electron chi connectivity index (χ3n) is 1.10. The second kappa shape index (κ2) is 6.19. The number of thioether (sulfide) groups is 1. The molecule has 11 heavy (non-hydrogen) atoms. The Morgan fingerprint density at radius 2 is 2.09 bits per heavy atom. The fourth-order valence-electron chi connectivity index (χ4n) is 0.620. The predicted molar refractivity (Wildman–Crippen MR) is 48.9 cm³/mol. The SMILES string of the molecule is CO.CSc1cc(C)ccn1. The van der Waals surface area contributed by atoms with Gasteiger partial charge in [-0.05, 0) is 30.9 Å². The molecule has 62 valence electrons. The van der Waals surface area contributed by atoms with E-state index in [1.165, 1.54) is 5.56 Å². The molecule has 0 saturated heterocycles. The Kier molecular flexibility index (Phi) is 5.88. The maximum Gasteiger partial charge on any atom is 0.0959 e. The van der Waals surface area contributed by atoms with Crippen molar-refractivity contribution in [2.75, 3.05) is 13.4 Å². The number of aryl methyl sites for hydroxylation is 1. The van der Waals surface area contributed by atoms with Crippen molar-refractivity contribution in [2.24, 2.45) is 0 Å². The number of aromatic nitrogens is 1. The van der Waals surface area contributed by atoms with Gasteiger partial charge in [-0.1, -0.05) is 0 Å². The lowest BCUT2D eigenvalue weighted by Gasteiger charge is -1.93. The van der Waals surface area contributed by atoms with Gasteiger partial charge in [0.1, 0.15) is 0 Å². The Bertz CT molecular complexity index is 203. The molecule has 1 rings (SSSR count). The molecule has 0 bridgehead atoms. The van der Waals surface area contributed by atoms with Crippen LogP contribution in [0.3, 0.4) is 0 Å². The van der Waals surface area contributed by atoms with Gasteiger partial charge in [-0.25, -0.2) is 4.98 Å². The zero-order valence-electron chi connectivity index (χ0n) is 7.03. The average molecular weight is 171 g/mol. The van der Waals surface area contributed by atoms with E-state index in [0.717, 1.165) is 12.1 Å². The maximum absolute atomic E-state index is 7.00. The summed E-state index contributed by atoms with van der Waals surface area (Å²) in [7, 11) is 1.00. The maximum atomic E-state index is 7.00. The number of nitrogens with zero attached hydrogens (tertiary/aromatic N) is 1. The van der Waals surface area contributed by atoms with Gasteiger partial charge in [0, 0.05) is 13.3 Å². The highest BCUT2D eigenvalue weighted by atomic mass is 32.2. The molecular formula is C8H13NOS. The van der Waals surface area contributed by atoms with Crippen molar-refractivity contribution in [3.05, 3.63) is 23.9 Å². The van der Waals surface area contributed by atoms with Gasteiger partial charge in [-0.2, -0.15) is 0 Å². The molecule has 3 heteroatoms. The summed E-state index contributed by atoms with van der Waals surface area (Å²) in [5, 5.41) is 8.09. The molecule has 1 aromatic rings. The van der Waals surface area contributed by atoms with Crippen LogP contribution in [-0.2, 0) is 0 Å². The summed E-state index contributed by atoms with van der Waals surface area (Å²) in [5.41, 5.74) is 1.27. The summed E-state index contributed by atoms with van der Waals surface area (Å²) >= 11 is 1.67. The zero-order valence-corrected chi connectivity index (χ0v) is 7.85. The fourth-order valence-corrected chi connectivity index (χ4v) is 1.09. The van der Waals surface area contributed by atoms with E-state index in [0.29, 0.717) is 0 Å². The number of hydrogen-bond acceptors (Lipinski definition) is 3. The van der Waals surface area contributed by atoms with Gasteiger partial charge in [0.05, 0.1) is 5.03 Å². The molecule has 0 amide bonds. The Morgan fingerprint density at radius 3 is 2.45 bits per heavy atom. The molecule has 0 aromatic carbocycles. The number of rotatable bonds is 1. The minimum Gasteiger partial charge on any atom is -0.400 e. The number of pyridine rings is 1. The van der Waals surface area contributed by atoms with Crippen LogP contribution in [0, 0.1) is 6.92 Å². The lowest BCUT2D eigenvalue weighted by atomic mass is 10.3. The number of aliphatic hydroxyl groups is 1. The van der Waals surface area contributed by atoms with Crippen molar-refractivity contribution in [2.45, 2.75) is 11.9 Å². The monoisotopic (exact) mass is 171 g/mol. The van der Waals surface area contributed by atoms with Crippen LogP contribution in [0.4, 0.5) is 0 Å². The predicted octanol–water partition coefficient (Wildman–Crippen LogP) is 1.72. The van der Waals surface area contributed by atoms with Gasteiger partial charge in [0.2, 0.25) is 0 Å². The molecule has 0 atom stereocenters. The molecule has 2 nitrogen and oxygen atoms in total. The van der Waals surface area contributed by atoms with Crippen LogP contribution in [0.2, 0.25) is 0 Å². The van der Waals surface area contributed by atoms with Crippen LogP contribution in [0.5, 0.6) is 0 Å². The number of aliphatic hydroxyl groups excluding tert-OH is 1. The van der Waals surface area contributed by atoms with E-state index in [9.17, 15) is 0 Å². The molecule has 0 fully saturated rings. The minimum atomic E-state index is 1.00. The first-order valence-electron chi connectivity index (χ1n) is 3.24. The van der Waals surface area contributed by atoms with Crippen molar-refractivity contribution in [3.63, 3.8) is 0 Å². The van der Waals surface area contributed by atoms with E-state index >= 15 is 0 Å². The van der Waals surface area contributed by atoms with Crippen molar-refractivity contribution < 1.29 is 5.11 Å². The molecule has 0 aliphatic rings. The van der Waals surface area contributed by atoms with Crippen molar-refractivity contribution >= 4 is 11.8 Å². The van der Waals surface area contributed by atoms with Gasteiger partial charge in [0.25, 0.3) is 0 Å². The Balaban J connectivity index is 0.000000461. The minimum absolute atomic E-state index is 1.00. The quantitative estimate of drug-likeness (QED) is 0.653. The fraction of sp³-hybridized carbons (Fsp3) is 0.375. The third kappa shape index (κ3) is 4.01. The summed E-state index contributed by atoms with van der Waals surface area (Å²) in [6, 6.07) is 4.07. The summed E-state index contributed by atoms with van der Waals surface area (Å²) < 4.78 is 0. The summed E-state index contributed by atoms with van der Waals surface area (Å²) in [6.07, 6.45) is 3.86. The number of hydrogen-bond donors (Lipinski definition) is 1. The summed E-state index contributed by atoms with van der Waals surface area (Å²) in [5.74, 6) is 0. The topological polar surface area (TPSA) is 33.1 Å². The lowest BCUT2D eigenvalue weighted by molar-refractivity contribution is 0.399. The lowest BCUT2D eigenvalue weighted by Crippen LogP contribution is -1.77. The second-order valence-electron chi connectivity index (χ2n) is 1.88. The van der Waals surface area contributed by atoms with E-state index in [1.807, 2.05) is 18.5 Å². The third-order valence-corrected chi connectivity index (χ3v) is 1.74. The highest BCUT2D eigenvalue weighted by Gasteiger charge is 1.88. The van der Waals surface area contributed by atoms with Crippen LogP contribution >= 0.6 is 11.8 Å². The van der Waals surface area contributed by atoms with Crippen molar-refractivity contribution in [1.29, 1.82) is 0 Å².